The zero-order valence-electron chi connectivity index (χ0n) is 13.6. The highest BCUT2D eigenvalue weighted by Crippen LogP contribution is 2.46. The van der Waals surface area contributed by atoms with Gasteiger partial charge < -0.3 is 9.57 Å². The Bertz CT molecular complexity index is 693. The summed E-state index contributed by atoms with van der Waals surface area (Å²) in [6, 6.07) is 17.2. The maximum absolute atomic E-state index is 14.3. The summed E-state index contributed by atoms with van der Waals surface area (Å²) in [6.45, 7) is 1.22. The number of benzene rings is 2. The minimum Gasteiger partial charge on any atom is -0.374 e. The van der Waals surface area contributed by atoms with Gasteiger partial charge in [0.15, 0.2) is 0 Å². The summed E-state index contributed by atoms with van der Waals surface area (Å²) in [5.41, 5.74) is 4.61. The third-order valence-electron chi connectivity index (χ3n) is 5.33. The van der Waals surface area contributed by atoms with E-state index >= 15 is 0 Å². The molecule has 1 saturated heterocycles. The monoisotopic (exact) mass is 327 g/mol. The molecule has 24 heavy (non-hydrogen) atoms. The number of ether oxygens (including phenoxy) is 1. The lowest BCUT2D eigenvalue weighted by Crippen LogP contribution is -2.47. The van der Waals surface area contributed by atoms with E-state index in [0.717, 1.165) is 19.3 Å². The van der Waals surface area contributed by atoms with Gasteiger partial charge in [0.25, 0.3) is 0 Å². The lowest BCUT2D eigenvalue weighted by Gasteiger charge is -2.41. The fourth-order valence-corrected chi connectivity index (χ4v) is 4.02. The molecule has 1 heterocycles. The molecule has 1 N–H and O–H groups in total. The van der Waals surface area contributed by atoms with Crippen LogP contribution in [0.25, 0.3) is 0 Å². The standard InChI is InChI=1S/C20H22FNO2/c21-19-9-5-4-8-18(19)20-11-10-17(12-16(20)14-24-22-20)23-13-15-6-2-1-3-7-15/h1-9,16-17,22H,10-14H2/t16?,17?,20-/m0/s1. The zero-order chi connectivity index (χ0) is 16.4. The molecule has 4 rings (SSSR count). The maximum Gasteiger partial charge on any atom is 0.128 e. The summed E-state index contributed by atoms with van der Waals surface area (Å²) in [4.78, 5) is 5.54. The van der Waals surface area contributed by atoms with Crippen molar-refractivity contribution in [1.82, 2.24) is 5.48 Å². The molecule has 4 heteroatoms. The van der Waals surface area contributed by atoms with E-state index in [1.54, 1.807) is 6.07 Å². The van der Waals surface area contributed by atoms with Crippen LogP contribution in [-0.4, -0.2) is 12.7 Å². The van der Waals surface area contributed by atoms with Crippen LogP contribution in [0.5, 0.6) is 0 Å². The molecule has 0 bridgehead atoms. The molecule has 0 radical (unpaired) electrons. The summed E-state index contributed by atoms with van der Waals surface area (Å²) in [6.07, 6.45) is 2.79. The summed E-state index contributed by atoms with van der Waals surface area (Å²) >= 11 is 0. The van der Waals surface area contributed by atoms with Gasteiger partial charge in [-0.05, 0) is 30.9 Å². The average molecular weight is 327 g/mol. The summed E-state index contributed by atoms with van der Waals surface area (Å²) < 4.78 is 20.5. The molecule has 1 saturated carbocycles. The highest BCUT2D eigenvalue weighted by atomic mass is 19.1. The molecule has 2 aromatic rings. The minimum atomic E-state index is -0.419. The molecule has 3 nitrogen and oxygen atoms in total. The van der Waals surface area contributed by atoms with Gasteiger partial charge in [0.1, 0.15) is 5.82 Å². The lowest BCUT2D eigenvalue weighted by atomic mass is 9.69. The quantitative estimate of drug-likeness (QED) is 0.922. The van der Waals surface area contributed by atoms with E-state index in [4.69, 9.17) is 9.57 Å². The fourth-order valence-electron chi connectivity index (χ4n) is 4.02. The molecule has 2 aliphatic rings. The number of hydrogen-bond donors (Lipinski definition) is 1. The zero-order valence-corrected chi connectivity index (χ0v) is 13.6. The van der Waals surface area contributed by atoms with Crippen molar-refractivity contribution in [2.24, 2.45) is 5.92 Å². The summed E-state index contributed by atoms with van der Waals surface area (Å²) in [5.74, 6) is 0.0630. The molecule has 1 aliphatic heterocycles. The van der Waals surface area contributed by atoms with Crippen molar-refractivity contribution in [2.75, 3.05) is 6.61 Å². The van der Waals surface area contributed by atoms with Crippen LogP contribution in [0.4, 0.5) is 4.39 Å². The molecule has 0 spiro atoms. The van der Waals surface area contributed by atoms with E-state index in [0.29, 0.717) is 18.8 Å². The second-order valence-electron chi connectivity index (χ2n) is 6.75. The third kappa shape index (κ3) is 2.86. The van der Waals surface area contributed by atoms with E-state index in [2.05, 4.69) is 17.6 Å². The Labute approximate surface area is 141 Å². The first-order chi connectivity index (χ1) is 11.8. The first-order valence-corrected chi connectivity index (χ1v) is 8.57. The number of fused-ring (bicyclic) bond motifs is 1. The normalized spacial score (nSPS) is 29.4. The SMILES string of the molecule is Fc1ccccc1[C@]12CCC(OCc3ccccc3)CC1CON2. The van der Waals surface area contributed by atoms with Gasteiger partial charge in [0, 0.05) is 11.5 Å². The Hall–Kier alpha value is -1.75. The third-order valence-corrected chi connectivity index (χ3v) is 5.33. The second-order valence-corrected chi connectivity index (χ2v) is 6.75. The molecule has 0 amide bonds. The molecule has 126 valence electrons. The molecular weight excluding hydrogens is 305 g/mol. The minimum absolute atomic E-state index is 0.163. The van der Waals surface area contributed by atoms with Gasteiger partial charge in [-0.2, -0.15) is 5.48 Å². The Morgan fingerprint density at radius 2 is 1.92 bits per heavy atom. The number of halogens is 1. The number of nitrogens with one attached hydrogen (secondary N) is 1. The van der Waals surface area contributed by atoms with Crippen molar-refractivity contribution >= 4 is 0 Å². The van der Waals surface area contributed by atoms with Gasteiger partial charge in [-0.1, -0.05) is 48.5 Å². The van der Waals surface area contributed by atoms with Crippen molar-refractivity contribution in [3.05, 3.63) is 71.5 Å². The van der Waals surface area contributed by atoms with Gasteiger partial charge in [-0.3, -0.25) is 0 Å². The van der Waals surface area contributed by atoms with Crippen LogP contribution in [0.1, 0.15) is 30.4 Å². The number of rotatable bonds is 4. The number of hydrogen-bond acceptors (Lipinski definition) is 3. The molecule has 2 fully saturated rings. The molecular formula is C20H22FNO2. The van der Waals surface area contributed by atoms with Crippen LogP contribution in [0.15, 0.2) is 54.6 Å². The van der Waals surface area contributed by atoms with E-state index < -0.39 is 5.54 Å². The van der Waals surface area contributed by atoms with E-state index in [9.17, 15) is 4.39 Å². The van der Waals surface area contributed by atoms with Gasteiger partial charge in [0.05, 0.1) is 24.9 Å². The van der Waals surface area contributed by atoms with Gasteiger partial charge in [-0.25, -0.2) is 4.39 Å². The molecule has 0 aromatic heterocycles. The Kier molecular flexibility index (Phi) is 4.35. The van der Waals surface area contributed by atoms with E-state index in [1.165, 1.54) is 11.6 Å². The summed E-state index contributed by atoms with van der Waals surface area (Å²) in [5, 5.41) is 0. The van der Waals surface area contributed by atoms with E-state index in [1.807, 2.05) is 30.3 Å². The Morgan fingerprint density at radius 3 is 2.75 bits per heavy atom. The van der Waals surface area contributed by atoms with Gasteiger partial charge >= 0.3 is 0 Å². The smallest absolute Gasteiger partial charge is 0.128 e. The fraction of sp³-hybridized carbons (Fsp3) is 0.400. The largest absolute Gasteiger partial charge is 0.374 e. The Balaban J connectivity index is 1.46. The molecule has 2 aromatic carbocycles. The van der Waals surface area contributed by atoms with Gasteiger partial charge in [-0.15, -0.1) is 0 Å². The van der Waals surface area contributed by atoms with Crippen LogP contribution in [-0.2, 0) is 21.7 Å². The van der Waals surface area contributed by atoms with Crippen LogP contribution in [0, 0.1) is 11.7 Å². The first kappa shape index (κ1) is 15.8. The van der Waals surface area contributed by atoms with E-state index in [-0.39, 0.29) is 17.8 Å². The van der Waals surface area contributed by atoms with Crippen molar-refractivity contribution in [3.63, 3.8) is 0 Å². The maximum atomic E-state index is 14.3. The molecule has 1 aliphatic carbocycles. The first-order valence-electron chi connectivity index (χ1n) is 8.57. The predicted molar refractivity (Wildman–Crippen MR) is 89.5 cm³/mol. The molecule has 2 unspecified atom stereocenters. The van der Waals surface area contributed by atoms with Crippen molar-refractivity contribution in [1.29, 1.82) is 0 Å². The second kappa shape index (κ2) is 6.63. The number of hydroxylamine groups is 1. The lowest BCUT2D eigenvalue weighted by molar-refractivity contribution is -0.0204. The average Bonchev–Trinajstić information content (AvgIpc) is 3.05. The van der Waals surface area contributed by atoms with Crippen LogP contribution < -0.4 is 5.48 Å². The molecule has 3 atom stereocenters. The Morgan fingerprint density at radius 1 is 1.12 bits per heavy atom. The van der Waals surface area contributed by atoms with Crippen LogP contribution >= 0.6 is 0 Å². The van der Waals surface area contributed by atoms with Crippen molar-refractivity contribution in [2.45, 2.75) is 37.5 Å². The van der Waals surface area contributed by atoms with Crippen molar-refractivity contribution < 1.29 is 14.0 Å². The topological polar surface area (TPSA) is 30.5 Å². The van der Waals surface area contributed by atoms with Gasteiger partial charge in [0.2, 0.25) is 0 Å². The van der Waals surface area contributed by atoms with Crippen LogP contribution in [0.3, 0.4) is 0 Å². The highest BCUT2D eigenvalue weighted by Gasteiger charge is 2.50. The van der Waals surface area contributed by atoms with Crippen molar-refractivity contribution in [3.8, 4) is 0 Å². The highest BCUT2D eigenvalue weighted by molar-refractivity contribution is 5.29. The van der Waals surface area contributed by atoms with Crippen LogP contribution in [0.2, 0.25) is 0 Å². The predicted octanol–water partition coefficient (Wildman–Crippen LogP) is 3.94. The summed E-state index contributed by atoms with van der Waals surface area (Å²) in [7, 11) is 0.